The highest BCUT2D eigenvalue weighted by Gasteiger charge is 2.29. The van der Waals surface area contributed by atoms with Crippen molar-refractivity contribution in [1.29, 1.82) is 0 Å². The molecule has 10 rings (SSSR count). The number of piperidine rings is 2. The van der Waals surface area contributed by atoms with E-state index >= 15 is 0 Å². The van der Waals surface area contributed by atoms with Crippen LogP contribution in [0.1, 0.15) is 64.5 Å². The average Bonchev–Trinajstić information content (AvgIpc) is 4.15. The molecule has 368 valence electrons. The first-order valence-corrected chi connectivity index (χ1v) is 28.0. The lowest BCUT2D eigenvalue weighted by Gasteiger charge is -2.34. The first-order valence-electron chi connectivity index (χ1n) is 23.3. The number of benzene rings is 2. The summed E-state index contributed by atoms with van der Waals surface area (Å²) in [5, 5.41) is 10.1. The molecule has 2 aromatic carbocycles. The molecular formula is C48H54F2N12O4S4. The fraction of sp³-hybridized carbons (Fsp3) is 0.417. The number of ether oxygens (including phenoxy) is 2. The van der Waals surface area contributed by atoms with Gasteiger partial charge in [-0.05, 0) is 141 Å². The number of rotatable bonds is 14. The normalized spacial score (nSPS) is 15.8. The summed E-state index contributed by atoms with van der Waals surface area (Å²) in [5.41, 5.74) is 3.94. The summed E-state index contributed by atoms with van der Waals surface area (Å²) >= 11 is 4.18. The average molecular weight is 1030 g/mol. The number of imidazole rings is 2. The van der Waals surface area contributed by atoms with Crippen molar-refractivity contribution in [2.24, 2.45) is 11.8 Å². The molecule has 0 amide bonds. The van der Waals surface area contributed by atoms with Crippen LogP contribution < -0.4 is 19.3 Å². The summed E-state index contributed by atoms with van der Waals surface area (Å²) in [6, 6.07) is 9.02. The molecule has 70 heavy (non-hydrogen) atoms. The van der Waals surface area contributed by atoms with Crippen LogP contribution in [-0.4, -0.2) is 108 Å². The van der Waals surface area contributed by atoms with E-state index < -0.39 is 15.7 Å². The molecule has 2 saturated heterocycles. The van der Waals surface area contributed by atoms with Gasteiger partial charge in [0, 0.05) is 73.2 Å². The molecule has 6 aromatic heterocycles. The van der Waals surface area contributed by atoms with Gasteiger partial charge in [0.2, 0.25) is 21.8 Å². The third-order valence-electron chi connectivity index (χ3n) is 12.9. The third kappa shape index (κ3) is 11.2. The summed E-state index contributed by atoms with van der Waals surface area (Å²) in [7, 11) is -3.49. The third-order valence-corrected chi connectivity index (χ3v) is 16.4. The molecule has 16 nitrogen and oxygen atoms in total. The highest BCUT2D eigenvalue weighted by molar-refractivity contribution is 7.98. The van der Waals surface area contributed by atoms with Gasteiger partial charge in [0.25, 0.3) is 10.4 Å². The van der Waals surface area contributed by atoms with E-state index in [0.29, 0.717) is 49.1 Å². The Morgan fingerprint density at radius 2 is 1.11 bits per heavy atom. The minimum Gasteiger partial charge on any atom is -0.466 e. The van der Waals surface area contributed by atoms with Gasteiger partial charge in [-0.3, -0.25) is 0 Å². The summed E-state index contributed by atoms with van der Waals surface area (Å²) in [6.07, 6.45) is 19.8. The zero-order valence-corrected chi connectivity index (χ0v) is 43.0. The number of thioether (sulfide) groups is 1. The predicted octanol–water partition coefficient (Wildman–Crippen LogP) is 9.39. The van der Waals surface area contributed by atoms with Crippen molar-refractivity contribution in [3.8, 4) is 32.9 Å². The van der Waals surface area contributed by atoms with Gasteiger partial charge in [0.1, 0.15) is 23.8 Å². The summed E-state index contributed by atoms with van der Waals surface area (Å²) in [6.45, 7) is 11.9. The number of hydrogen-bond acceptors (Lipinski definition) is 17. The molecule has 0 bridgehead atoms. The Kier molecular flexibility index (Phi) is 14.9. The van der Waals surface area contributed by atoms with Crippen molar-refractivity contribution in [3.05, 3.63) is 96.3 Å². The molecule has 22 heteroatoms. The summed E-state index contributed by atoms with van der Waals surface area (Å²) in [5.74, 6) is 1.47. The van der Waals surface area contributed by atoms with Crippen LogP contribution in [0.4, 0.5) is 20.7 Å². The molecule has 0 saturated carbocycles. The second kappa shape index (κ2) is 21.3. The number of aryl methyl sites for hydroxylation is 2. The fourth-order valence-electron chi connectivity index (χ4n) is 8.52. The molecule has 8 aromatic rings. The second-order valence-corrected chi connectivity index (χ2v) is 22.2. The van der Waals surface area contributed by atoms with Crippen molar-refractivity contribution in [1.82, 2.24) is 49.1 Å². The zero-order chi connectivity index (χ0) is 49.1. The molecule has 0 unspecified atom stereocenters. The monoisotopic (exact) mass is 1030 g/mol. The first-order chi connectivity index (χ1) is 33.7. The lowest BCUT2D eigenvalue weighted by atomic mass is 9.92. The van der Waals surface area contributed by atoms with Gasteiger partial charge >= 0.3 is 0 Å². The van der Waals surface area contributed by atoms with Gasteiger partial charge in [0.05, 0.1) is 28.7 Å². The Balaban J connectivity index is 0.000000174. The molecular weight excluding hydrogens is 975 g/mol. The quantitative estimate of drug-likeness (QED) is 0.0943. The molecule has 0 radical (unpaired) electrons. The van der Waals surface area contributed by atoms with Gasteiger partial charge in [-0.15, -0.1) is 22.0 Å². The van der Waals surface area contributed by atoms with E-state index in [1.807, 2.05) is 37.1 Å². The smallest absolute Gasteiger partial charge is 0.294 e. The maximum atomic E-state index is 14.6. The van der Waals surface area contributed by atoms with Crippen LogP contribution in [0.3, 0.4) is 0 Å². The lowest BCUT2D eigenvalue weighted by molar-refractivity contribution is 0.131. The number of fused-ring (bicyclic) bond motifs is 2. The molecule has 0 spiro atoms. The molecule has 8 heterocycles. The number of halogens is 2. The van der Waals surface area contributed by atoms with Gasteiger partial charge in [-0.25, -0.2) is 56.1 Å². The van der Waals surface area contributed by atoms with Gasteiger partial charge < -0.3 is 19.3 Å². The minimum absolute atomic E-state index is 0.0214. The fourth-order valence-corrected chi connectivity index (χ4v) is 11.2. The Morgan fingerprint density at radius 1 is 0.686 bits per heavy atom. The lowest BCUT2D eigenvalue weighted by Crippen LogP contribution is -2.39. The maximum Gasteiger partial charge on any atom is 0.294 e. The van der Waals surface area contributed by atoms with Gasteiger partial charge in [-0.2, -0.15) is 0 Å². The summed E-state index contributed by atoms with van der Waals surface area (Å²) in [4.78, 5) is 33.6. The molecule has 2 aliphatic rings. The second-order valence-electron chi connectivity index (χ2n) is 17.5. The molecule has 0 N–H and O–H groups in total. The molecule has 0 aliphatic carbocycles. The van der Waals surface area contributed by atoms with Crippen molar-refractivity contribution in [3.63, 3.8) is 0 Å². The predicted molar refractivity (Wildman–Crippen MR) is 270 cm³/mol. The first kappa shape index (κ1) is 49.2. The van der Waals surface area contributed by atoms with Crippen molar-refractivity contribution < 1.29 is 26.7 Å². The topological polar surface area (TPSA) is 171 Å². The number of sulfone groups is 1. The summed E-state index contributed by atoms with van der Waals surface area (Å²) < 4.78 is 67.9. The van der Waals surface area contributed by atoms with Crippen LogP contribution in [0.25, 0.3) is 32.4 Å². The van der Waals surface area contributed by atoms with E-state index in [4.69, 9.17) is 9.47 Å². The Morgan fingerprint density at radius 3 is 1.49 bits per heavy atom. The van der Waals surface area contributed by atoms with E-state index in [1.54, 1.807) is 27.5 Å². The van der Waals surface area contributed by atoms with E-state index in [2.05, 4.69) is 77.6 Å². The van der Waals surface area contributed by atoms with Crippen LogP contribution in [0.5, 0.6) is 10.4 Å². The van der Waals surface area contributed by atoms with Crippen LogP contribution in [-0.2, 0) is 22.7 Å². The van der Waals surface area contributed by atoms with Crippen molar-refractivity contribution in [2.75, 3.05) is 48.5 Å². The largest absolute Gasteiger partial charge is 0.466 e. The SMILES string of the molecule is CCc1cnc(N2CCC([C@H](C)Oc3nn4cc(-c5ccc(S(C)(=O)=O)cc5F)nc4s3)CC2)nc1.CCc1cnc(N2CCC([C@H](C)Oc3nn4cc(-c5ccc(SC)cc5F)nc4s3)CC2)nc1. The van der Waals surface area contributed by atoms with Gasteiger partial charge in [0.15, 0.2) is 9.84 Å². The number of hydrogen-bond donors (Lipinski definition) is 0. The molecule has 2 fully saturated rings. The maximum absolute atomic E-state index is 14.6. The highest BCUT2D eigenvalue weighted by Crippen LogP contribution is 2.34. The zero-order valence-electron chi connectivity index (χ0n) is 39.7. The minimum atomic E-state index is -3.49. The van der Waals surface area contributed by atoms with E-state index in [-0.39, 0.29) is 28.5 Å². The number of nitrogens with zero attached hydrogens (tertiary/aromatic N) is 12. The molecule has 2 aliphatic heterocycles. The van der Waals surface area contributed by atoms with Crippen LogP contribution in [0.15, 0.2) is 83.4 Å². The Labute approximate surface area is 417 Å². The number of aromatic nitrogens is 10. The van der Waals surface area contributed by atoms with Gasteiger partial charge in [-0.1, -0.05) is 13.8 Å². The van der Waals surface area contributed by atoms with E-state index in [0.717, 1.165) is 105 Å². The Hall–Kier alpha value is -5.84. The van der Waals surface area contributed by atoms with Crippen LogP contribution in [0, 0.1) is 23.5 Å². The van der Waals surface area contributed by atoms with Crippen LogP contribution in [0.2, 0.25) is 0 Å². The number of anilines is 2. The molecule has 2 atom stereocenters. The van der Waals surface area contributed by atoms with Crippen LogP contribution >= 0.6 is 34.4 Å². The van der Waals surface area contributed by atoms with E-state index in [9.17, 15) is 17.2 Å². The van der Waals surface area contributed by atoms with E-state index in [1.165, 1.54) is 52.6 Å². The van der Waals surface area contributed by atoms with Crippen molar-refractivity contribution in [2.45, 2.75) is 88.2 Å². The Bertz CT molecular complexity index is 3100. The standard InChI is InChI=1S/C24H27FN6O3S2.C24H27FN6OS2/c1-4-16-12-26-22(27-13-16)30-9-7-17(8-10-30)15(2)34-24-29-31-14-21(28-23(31)35-24)19-6-5-18(11-20(19)25)36(3,32)33;1-4-16-12-26-22(27-13-16)30-9-7-17(8-10-30)15(2)32-24-29-31-14-21(28-23(31)34-24)19-6-5-18(33-3)11-20(19)25/h5-6,11-15,17H,4,7-10H2,1-3H3;5-6,11-15,17H,4,7-10H2,1-3H3/t2*15-/m00/s1. The van der Waals surface area contributed by atoms with Crippen molar-refractivity contribution >= 4 is 66.1 Å². The highest BCUT2D eigenvalue weighted by atomic mass is 32.2.